The van der Waals surface area contributed by atoms with Gasteiger partial charge in [-0.05, 0) is 13.3 Å². The fraction of sp³-hybridized carbons (Fsp3) is 0.818. The van der Waals surface area contributed by atoms with Crippen LogP contribution in [0.4, 0.5) is 0 Å². The highest BCUT2D eigenvalue weighted by Crippen LogP contribution is 2.16. The van der Waals surface area contributed by atoms with E-state index in [4.69, 9.17) is 0 Å². The number of piperidine rings is 1. The zero-order valence-corrected chi connectivity index (χ0v) is 9.66. The molecule has 0 bridgehead atoms. The largest absolute Gasteiger partial charge is 0.355 e. The molecular weight excluding hydrogens is 206 g/mol. The highest BCUT2D eigenvalue weighted by atomic mass is 16.2. The molecule has 0 aliphatic carbocycles. The monoisotopic (exact) mass is 225 g/mol. The standard InChI is InChI=1S/C11H19N3O2/c1-8-6-12-4-5-14(8)11(16)9-2-3-10(15)13-7-9/h8-9,12H,2-7H2,1H3,(H,13,15). The van der Waals surface area contributed by atoms with Gasteiger partial charge in [0.15, 0.2) is 0 Å². The van der Waals surface area contributed by atoms with Crippen molar-refractivity contribution in [1.29, 1.82) is 0 Å². The van der Waals surface area contributed by atoms with E-state index in [1.165, 1.54) is 0 Å². The predicted octanol–water partition coefficient (Wildman–Crippen LogP) is -0.667. The van der Waals surface area contributed by atoms with E-state index in [2.05, 4.69) is 17.6 Å². The minimum Gasteiger partial charge on any atom is -0.355 e. The van der Waals surface area contributed by atoms with E-state index < -0.39 is 0 Å². The second-order valence-corrected chi connectivity index (χ2v) is 4.62. The van der Waals surface area contributed by atoms with Gasteiger partial charge >= 0.3 is 0 Å². The summed E-state index contributed by atoms with van der Waals surface area (Å²) in [6.45, 7) is 5.09. The summed E-state index contributed by atoms with van der Waals surface area (Å²) in [6, 6.07) is 0.263. The molecule has 2 atom stereocenters. The molecule has 0 saturated carbocycles. The smallest absolute Gasteiger partial charge is 0.227 e. The van der Waals surface area contributed by atoms with Crippen LogP contribution in [0.5, 0.6) is 0 Å². The van der Waals surface area contributed by atoms with Crippen LogP contribution in [0.25, 0.3) is 0 Å². The lowest BCUT2D eigenvalue weighted by Gasteiger charge is -2.37. The van der Waals surface area contributed by atoms with Crippen LogP contribution in [0.2, 0.25) is 0 Å². The van der Waals surface area contributed by atoms with Gasteiger partial charge in [0, 0.05) is 38.6 Å². The van der Waals surface area contributed by atoms with Crippen molar-refractivity contribution in [1.82, 2.24) is 15.5 Å². The van der Waals surface area contributed by atoms with E-state index in [0.29, 0.717) is 19.4 Å². The van der Waals surface area contributed by atoms with Crippen molar-refractivity contribution < 1.29 is 9.59 Å². The van der Waals surface area contributed by atoms with E-state index in [1.807, 2.05) is 4.90 Å². The Balaban J connectivity index is 1.93. The summed E-state index contributed by atoms with van der Waals surface area (Å²) in [5, 5.41) is 6.03. The molecule has 2 rings (SSSR count). The normalized spacial score (nSPS) is 31.1. The van der Waals surface area contributed by atoms with Crippen LogP contribution < -0.4 is 10.6 Å². The molecule has 2 unspecified atom stereocenters. The Bertz CT molecular complexity index is 283. The number of amides is 2. The third kappa shape index (κ3) is 2.35. The van der Waals surface area contributed by atoms with Gasteiger partial charge in [0.1, 0.15) is 0 Å². The molecule has 0 aromatic heterocycles. The summed E-state index contributed by atoms with van der Waals surface area (Å²) in [5.74, 6) is 0.254. The minimum atomic E-state index is -0.0155. The third-order valence-electron chi connectivity index (χ3n) is 3.40. The molecule has 90 valence electrons. The van der Waals surface area contributed by atoms with Crippen molar-refractivity contribution in [2.75, 3.05) is 26.2 Å². The van der Waals surface area contributed by atoms with Crippen molar-refractivity contribution >= 4 is 11.8 Å². The Labute approximate surface area is 95.6 Å². The van der Waals surface area contributed by atoms with Crippen molar-refractivity contribution in [3.8, 4) is 0 Å². The maximum absolute atomic E-state index is 12.2. The molecule has 5 nitrogen and oxygen atoms in total. The molecule has 16 heavy (non-hydrogen) atoms. The summed E-state index contributed by atoms with van der Waals surface area (Å²) in [7, 11) is 0. The van der Waals surface area contributed by atoms with Crippen LogP contribution in [0.1, 0.15) is 19.8 Å². The minimum absolute atomic E-state index is 0.0155. The average molecular weight is 225 g/mol. The molecule has 0 radical (unpaired) electrons. The van der Waals surface area contributed by atoms with Gasteiger partial charge in [-0.2, -0.15) is 0 Å². The summed E-state index contributed by atoms with van der Waals surface area (Å²) < 4.78 is 0. The molecule has 0 aromatic rings. The molecule has 2 aliphatic heterocycles. The average Bonchev–Trinajstić information content (AvgIpc) is 2.30. The molecule has 2 amide bonds. The maximum Gasteiger partial charge on any atom is 0.227 e. The van der Waals surface area contributed by atoms with Gasteiger partial charge < -0.3 is 15.5 Å². The van der Waals surface area contributed by atoms with Gasteiger partial charge in [-0.25, -0.2) is 0 Å². The van der Waals surface area contributed by atoms with E-state index in [-0.39, 0.29) is 23.8 Å². The summed E-state index contributed by atoms with van der Waals surface area (Å²) >= 11 is 0. The summed E-state index contributed by atoms with van der Waals surface area (Å²) in [5.41, 5.74) is 0. The first kappa shape index (κ1) is 11.4. The predicted molar refractivity (Wildman–Crippen MR) is 59.8 cm³/mol. The highest BCUT2D eigenvalue weighted by Gasteiger charge is 2.31. The molecule has 2 fully saturated rings. The Morgan fingerprint density at radius 1 is 1.44 bits per heavy atom. The molecule has 0 spiro atoms. The van der Waals surface area contributed by atoms with Gasteiger partial charge in [0.05, 0.1) is 5.92 Å². The first-order valence-electron chi connectivity index (χ1n) is 5.96. The van der Waals surface area contributed by atoms with Crippen LogP contribution in [0.15, 0.2) is 0 Å². The Morgan fingerprint density at radius 2 is 2.25 bits per heavy atom. The molecule has 5 heteroatoms. The lowest BCUT2D eigenvalue weighted by Crippen LogP contribution is -2.55. The van der Waals surface area contributed by atoms with Crippen LogP contribution in [0.3, 0.4) is 0 Å². The van der Waals surface area contributed by atoms with E-state index >= 15 is 0 Å². The van der Waals surface area contributed by atoms with Gasteiger partial charge in [0.2, 0.25) is 11.8 Å². The number of rotatable bonds is 1. The fourth-order valence-electron chi connectivity index (χ4n) is 2.35. The van der Waals surface area contributed by atoms with Gasteiger partial charge in [-0.1, -0.05) is 0 Å². The van der Waals surface area contributed by atoms with Gasteiger partial charge in [-0.3, -0.25) is 9.59 Å². The summed E-state index contributed by atoms with van der Waals surface area (Å²) in [6.07, 6.45) is 1.18. The number of carbonyl (C=O) groups is 2. The first-order valence-corrected chi connectivity index (χ1v) is 5.96. The van der Waals surface area contributed by atoms with E-state index in [1.54, 1.807) is 0 Å². The lowest BCUT2D eigenvalue weighted by molar-refractivity contribution is -0.140. The topological polar surface area (TPSA) is 61.4 Å². The first-order chi connectivity index (χ1) is 7.68. The Kier molecular flexibility index (Phi) is 3.43. The molecule has 2 N–H and O–H groups in total. The molecule has 2 heterocycles. The fourth-order valence-corrected chi connectivity index (χ4v) is 2.35. The van der Waals surface area contributed by atoms with Crippen LogP contribution >= 0.6 is 0 Å². The molecule has 2 aliphatic rings. The molecular formula is C11H19N3O2. The quantitative estimate of drug-likeness (QED) is 0.622. The van der Waals surface area contributed by atoms with Crippen molar-refractivity contribution in [3.05, 3.63) is 0 Å². The molecule has 2 saturated heterocycles. The second-order valence-electron chi connectivity index (χ2n) is 4.62. The van der Waals surface area contributed by atoms with Crippen LogP contribution in [-0.2, 0) is 9.59 Å². The summed E-state index contributed by atoms with van der Waals surface area (Å²) in [4.78, 5) is 25.2. The number of nitrogens with one attached hydrogen (secondary N) is 2. The number of hydrogen-bond acceptors (Lipinski definition) is 3. The number of hydrogen-bond donors (Lipinski definition) is 2. The van der Waals surface area contributed by atoms with Crippen molar-refractivity contribution in [2.45, 2.75) is 25.8 Å². The SMILES string of the molecule is CC1CNCCN1C(=O)C1CCC(=O)NC1. The second kappa shape index (κ2) is 4.82. The maximum atomic E-state index is 12.2. The van der Waals surface area contributed by atoms with Gasteiger partial charge in [0.25, 0.3) is 0 Å². The zero-order chi connectivity index (χ0) is 11.5. The van der Waals surface area contributed by atoms with E-state index in [0.717, 1.165) is 19.6 Å². The number of piperazine rings is 1. The zero-order valence-electron chi connectivity index (χ0n) is 9.66. The van der Waals surface area contributed by atoms with Crippen LogP contribution in [-0.4, -0.2) is 48.9 Å². The number of nitrogens with zero attached hydrogens (tertiary/aromatic N) is 1. The third-order valence-corrected chi connectivity index (χ3v) is 3.40. The lowest BCUT2D eigenvalue weighted by atomic mass is 9.96. The van der Waals surface area contributed by atoms with Crippen molar-refractivity contribution in [3.63, 3.8) is 0 Å². The number of carbonyl (C=O) groups excluding carboxylic acids is 2. The van der Waals surface area contributed by atoms with E-state index in [9.17, 15) is 9.59 Å². The van der Waals surface area contributed by atoms with Gasteiger partial charge in [-0.15, -0.1) is 0 Å². The highest BCUT2D eigenvalue weighted by molar-refractivity contribution is 5.84. The van der Waals surface area contributed by atoms with Crippen molar-refractivity contribution in [2.24, 2.45) is 5.92 Å². The Hall–Kier alpha value is -1.10. The molecule has 0 aromatic carbocycles. The Morgan fingerprint density at radius 3 is 2.88 bits per heavy atom. The van der Waals surface area contributed by atoms with Crippen LogP contribution in [0, 0.1) is 5.92 Å².